The highest BCUT2D eigenvalue weighted by atomic mass is 16.5. The van der Waals surface area contributed by atoms with E-state index in [2.05, 4.69) is 17.3 Å². The lowest BCUT2D eigenvalue weighted by molar-refractivity contribution is -0.144. The first-order valence-electron chi connectivity index (χ1n) is 8.21. The molecule has 0 amide bonds. The molecule has 124 valence electrons. The Labute approximate surface area is 139 Å². The van der Waals surface area contributed by atoms with Crippen LogP contribution in [0.2, 0.25) is 0 Å². The second kappa shape index (κ2) is 5.82. The van der Waals surface area contributed by atoms with Crippen LogP contribution in [0.5, 0.6) is 0 Å². The largest absolute Gasteiger partial charge is 0.464 e. The maximum atomic E-state index is 12.2. The molecule has 0 saturated carbocycles. The molecule has 0 aliphatic heterocycles. The minimum absolute atomic E-state index is 0.186. The van der Waals surface area contributed by atoms with Crippen molar-refractivity contribution < 1.29 is 18.5 Å². The van der Waals surface area contributed by atoms with Gasteiger partial charge in [0.25, 0.3) is 0 Å². The van der Waals surface area contributed by atoms with E-state index in [0.717, 1.165) is 40.6 Å². The van der Waals surface area contributed by atoms with Crippen LogP contribution in [0.4, 0.5) is 0 Å². The summed E-state index contributed by atoms with van der Waals surface area (Å²) < 4.78 is 16.1. The zero-order valence-electron chi connectivity index (χ0n) is 13.8. The van der Waals surface area contributed by atoms with E-state index in [1.54, 1.807) is 6.26 Å². The number of carbonyl (C=O) groups excluding carboxylic acids is 1. The lowest BCUT2D eigenvalue weighted by atomic mass is 10.0. The van der Waals surface area contributed by atoms with Crippen LogP contribution in [0, 0.1) is 13.8 Å². The molecule has 2 heterocycles. The van der Waals surface area contributed by atoms with Crippen molar-refractivity contribution in [3.05, 3.63) is 52.1 Å². The molecule has 0 fully saturated rings. The zero-order chi connectivity index (χ0) is 16.7. The molecule has 3 aromatic rings. The van der Waals surface area contributed by atoms with Gasteiger partial charge in [-0.05, 0) is 56.4 Å². The molecule has 24 heavy (non-hydrogen) atoms. The Balaban J connectivity index is 1.49. The third-order valence-corrected chi connectivity index (χ3v) is 4.76. The van der Waals surface area contributed by atoms with E-state index in [-0.39, 0.29) is 19.0 Å². The smallest absolute Gasteiger partial charge is 0.310 e. The third-order valence-electron chi connectivity index (χ3n) is 4.76. The molecule has 0 bridgehead atoms. The normalized spacial score (nSPS) is 13.4. The molecule has 0 saturated heterocycles. The van der Waals surface area contributed by atoms with Crippen LogP contribution in [-0.2, 0) is 35.4 Å². The first-order chi connectivity index (χ1) is 11.6. The second-order valence-electron chi connectivity index (χ2n) is 6.37. The Kier molecular flexibility index (Phi) is 3.63. The van der Waals surface area contributed by atoms with E-state index in [4.69, 9.17) is 13.7 Å². The van der Waals surface area contributed by atoms with E-state index in [1.165, 1.54) is 17.5 Å². The van der Waals surface area contributed by atoms with Crippen molar-refractivity contribution in [3.63, 3.8) is 0 Å². The summed E-state index contributed by atoms with van der Waals surface area (Å²) >= 11 is 0. The Morgan fingerprint density at radius 1 is 1.25 bits per heavy atom. The number of hydrogen-bond donors (Lipinski definition) is 0. The van der Waals surface area contributed by atoms with E-state index >= 15 is 0 Å². The van der Waals surface area contributed by atoms with Crippen molar-refractivity contribution in [2.75, 3.05) is 0 Å². The van der Waals surface area contributed by atoms with Crippen LogP contribution in [0.3, 0.4) is 0 Å². The number of hydrogen-bond acceptors (Lipinski definition) is 5. The summed E-state index contributed by atoms with van der Waals surface area (Å²) in [7, 11) is 0. The fourth-order valence-electron chi connectivity index (χ4n) is 3.35. The van der Waals surface area contributed by atoms with Crippen molar-refractivity contribution in [1.82, 2.24) is 5.16 Å². The van der Waals surface area contributed by atoms with E-state index < -0.39 is 0 Å². The van der Waals surface area contributed by atoms with E-state index in [1.807, 2.05) is 13.8 Å². The van der Waals surface area contributed by atoms with E-state index in [0.29, 0.717) is 5.76 Å². The molecule has 0 spiro atoms. The molecule has 2 aromatic heterocycles. The highest BCUT2D eigenvalue weighted by Crippen LogP contribution is 2.30. The van der Waals surface area contributed by atoms with Crippen LogP contribution in [0.1, 0.15) is 40.1 Å². The number of aryl methyl sites for hydroxylation is 4. The first-order valence-corrected chi connectivity index (χ1v) is 8.21. The summed E-state index contributed by atoms with van der Waals surface area (Å²) in [6.45, 7) is 3.84. The van der Waals surface area contributed by atoms with Gasteiger partial charge in [0.2, 0.25) is 0 Å². The Morgan fingerprint density at radius 3 is 2.79 bits per heavy atom. The van der Waals surface area contributed by atoms with Gasteiger partial charge in [-0.2, -0.15) is 0 Å². The summed E-state index contributed by atoms with van der Waals surface area (Å²) in [6, 6.07) is 4.27. The van der Waals surface area contributed by atoms with Gasteiger partial charge >= 0.3 is 5.97 Å². The minimum Gasteiger partial charge on any atom is -0.464 e. The SMILES string of the molecule is Cc1noc(C)c1COC(=O)Cc1coc2cc3c(cc12)CCC3. The monoisotopic (exact) mass is 325 g/mol. The van der Waals surface area contributed by atoms with Crippen LogP contribution in [0.25, 0.3) is 11.0 Å². The quantitative estimate of drug-likeness (QED) is 0.682. The molecule has 5 heteroatoms. The number of carbonyl (C=O) groups is 1. The number of furan rings is 1. The molecule has 5 nitrogen and oxygen atoms in total. The van der Waals surface area contributed by atoms with Gasteiger partial charge in [0.1, 0.15) is 18.0 Å². The molecule has 1 aromatic carbocycles. The summed E-state index contributed by atoms with van der Waals surface area (Å²) in [5.41, 5.74) is 6.05. The fraction of sp³-hybridized carbons (Fsp3) is 0.368. The molecule has 0 radical (unpaired) electrons. The predicted octanol–water partition coefficient (Wildman–Crippen LogP) is 3.81. The molecule has 4 rings (SSSR count). The Bertz CT molecular complexity index is 899. The van der Waals surface area contributed by atoms with Crippen molar-refractivity contribution in [2.45, 2.75) is 46.1 Å². The topological polar surface area (TPSA) is 65.5 Å². The van der Waals surface area contributed by atoms with Crippen LogP contribution in [-0.4, -0.2) is 11.1 Å². The maximum Gasteiger partial charge on any atom is 0.310 e. The summed E-state index contributed by atoms with van der Waals surface area (Å²) in [5.74, 6) is 0.405. The van der Waals surface area contributed by atoms with Crippen molar-refractivity contribution in [3.8, 4) is 0 Å². The van der Waals surface area contributed by atoms with Crippen LogP contribution < -0.4 is 0 Å². The van der Waals surface area contributed by atoms with Crippen molar-refractivity contribution in [2.24, 2.45) is 0 Å². The van der Waals surface area contributed by atoms with Gasteiger partial charge in [0.05, 0.1) is 23.9 Å². The number of rotatable bonds is 4. The van der Waals surface area contributed by atoms with Crippen LogP contribution in [0.15, 0.2) is 27.3 Å². The number of aromatic nitrogens is 1. The van der Waals surface area contributed by atoms with Gasteiger partial charge in [-0.25, -0.2) is 0 Å². The summed E-state index contributed by atoms with van der Waals surface area (Å²) in [6.07, 6.45) is 5.27. The molecule has 0 N–H and O–H groups in total. The lowest BCUT2D eigenvalue weighted by Crippen LogP contribution is -2.08. The van der Waals surface area contributed by atoms with Crippen molar-refractivity contribution >= 4 is 16.9 Å². The number of nitrogens with zero attached hydrogens (tertiary/aromatic N) is 1. The molecular formula is C19H19NO4. The number of fused-ring (bicyclic) bond motifs is 2. The minimum atomic E-state index is -0.279. The second-order valence-corrected chi connectivity index (χ2v) is 6.37. The average molecular weight is 325 g/mol. The molecule has 0 atom stereocenters. The van der Waals surface area contributed by atoms with Gasteiger partial charge in [-0.15, -0.1) is 0 Å². The van der Waals surface area contributed by atoms with Crippen molar-refractivity contribution in [1.29, 1.82) is 0 Å². The maximum absolute atomic E-state index is 12.2. The summed E-state index contributed by atoms with van der Waals surface area (Å²) in [5, 5.41) is 4.88. The molecular weight excluding hydrogens is 306 g/mol. The third kappa shape index (κ3) is 2.60. The van der Waals surface area contributed by atoms with Gasteiger partial charge in [0.15, 0.2) is 0 Å². The fourth-order valence-corrected chi connectivity index (χ4v) is 3.35. The van der Waals surface area contributed by atoms with E-state index in [9.17, 15) is 4.79 Å². The highest BCUT2D eigenvalue weighted by molar-refractivity contribution is 5.87. The number of esters is 1. The molecule has 1 aliphatic rings. The summed E-state index contributed by atoms with van der Waals surface area (Å²) in [4.78, 5) is 12.2. The first kappa shape index (κ1) is 15.0. The molecule has 1 aliphatic carbocycles. The lowest BCUT2D eigenvalue weighted by Gasteiger charge is -2.04. The van der Waals surface area contributed by atoms with Gasteiger partial charge < -0.3 is 13.7 Å². The number of benzene rings is 1. The zero-order valence-corrected chi connectivity index (χ0v) is 13.8. The van der Waals surface area contributed by atoms with Gasteiger partial charge in [-0.3, -0.25) is 4.79 Å². The standard InChI is InChI=1S/C19H19NO4/c1-11-17(12(2)24-20-11)10-23-19(21)8-15-9-22-18-7-14-5-3-4-13(14)6-16(15)18/h6-7,9H,3-5,8,10H2,1-2H3. The number of ether oxygens (including phenoxy) is 1. The van der Waals surface area contributed by atoms with Gasteiger partial charge in [-0.1, -0.05) is 5.16 Å². The predicted molar refractivity (Wildman–Crippen MR) is 87.7 cm³/mol. The average Bonchev–Trinajstić information content (AvgIpc) is 3.25. The van der Waals surface area contributed by atoms with Gasteiger partial charge in [0, 0.05) is 10.9 Å². The highest BCUT2D eigenvalue weighted by Gasteiger charge is 2.18. The Morgan fingerprint density at radius 2 is 2.04 bits per heavy atom. The molecule has 0 unspecified atom stereocenters. The van der Waals surface area contributed by atoms with Crippen LogP contribution >= 0.6 is 0 Å². The Hall–Kier alpha value is -2.56.